The second-order valence-electron chi connectivity index (χ2n) is 1.46. The summed E-state index contributed by atoms with van der Waals surface area (Å²) in [4.78, 5) is 0. The molecule has 2 heteroatoms. The lowest BCUT2D eigenvalue weighted by molar-refractivity contribution is 0.492. The van der Waals surface area contributed by atoms with E-state index in [1.807, 2.05) is 0 Å². The Bertz CT molecular complexity index is 81.5. The van der Waals surface area contributed by atoms with Crippen LogP contribution in [-0.2, 0) is 0 Å². The number of hydrogen-bond donors (Lipinski definition) is 1. The van der Waals surface area contributed by atoms with E-state index in [0.717, 1.165) is 0 Å². The Morgan fingerprint density at radius 2 is 2.17 bits per heavy atom. The monoisotopic (exact) mass is 104 g/mol. The topological polar surface area (TPSA) is 0 Å². The Hall–Kier alpha value is 0.0200. The van der Waals surface area contributed by atoms with Gasteiger partial charge in [-0.1, -0.05) is 12.2 Å². The van der Waals surface area contributed by atoms with Crippen LogP contribution in [0.1, 0.15) is 0 Å². The zero-order valence-corrected chi connectivity index (χ0v) is 4.08. The van der Waals surface area contributed by atoms with Crippen LogP contribution in [0.2, 0.25) is 0 Å². The normalized spacial score (nSPS) is 24.3. The maximum atomic E-state index is 11.4. The fourth-order valence-electron chi connectivity index (χ4n) is 0.185. The van der Waals surface area contributed by atoms with Crippen LogP contribution in [0.4, 0.5) is 4.39 Å². The van der Waals surface area contributed by atoms with E-state index in [1.165, 1.54) is 0 Å². The molecule has 0 aromatic heterocycles. The van der Waals surface area contributed by atoms with Crippen molar-refractivity contribution < 1.29 is 4.39 Å². The first kappa shape index (κ1) is 4.19. The van der Waals surface area contributed by atoms with Crippen LogP contribution in [0.3, 0.4) is 0 Å². The standard InChI is InChI=1S/C4H5FS/c5-3-4(6)1-2-4/h1-2,6H,3H2. The second-order valence-corrected chi connectivity index (χ2v) is 2.29. The molecule has 0 aromatic rings. The van der Waals surface area contributed by atoms with Gasteiger partial charge in [-0.05, 0) is 0 Å². The average molecular weight is 104 g/mol. The van der Waals surface area contributed by atoms with Crippen molar-refractivity contribution in [3.63, 3.8) is 0 Å². The number of alkyl halides is 1. The van der Waals surface area contributed by atoms with Crippen molar-refractivity contribution in [3.8, 4) is 0 Å². The summed E-state index contributed by atoms with van der Waals surface area (Å²) in [7, 11) is 0. The van der Waals surface area contributed by atoms with Crippen LogP contribution >= 0.6 is 12.6 Å². The molecule has 0 aromatic carbocycles. The van der Waals surface area contributed by atoms with E-state index in [0.29, 0.717) is 0 Å². The van der Waals surface area contributed by atoms with Gasteiger partial charge >= 0.3 is 0 Å². The van der Waals surface area contributed by atoms with E-state index < -0.39 is 4.75 Å². The maximum Gasteiger partial charge on any atom is 0.111 e. The van der Waals surface area contributed by atoms with Crippen molar-refractivity contribution in [3.05, 3.63) is 12.2 Å². The second kappa shape index (κ2) is 0.997. The third-order valence-electron chi connectivity index (χ3n) is 0.766. The SMILES string of the molecule is FCC1(S)C=C1. The van der Waals surface area contributed by atoms with Crippen molar-refractivity contribution in [2.45, 2.75) is 4.75 Å². The zero-order valence-electron chi connectivity index (χ0n) is 3.19. The quantitative estimate of drug-likeness (QED) is 0.375. The molecular weight excluding hydrogens is 99.1 g/mol. The Labute approximate surface area is 41.5 Å². The van der Waals surface area contributed by atoms with Gasteiger partial charge in [0.05, 0.1) is 4.75 Å². The van der Waals surface area contributed by atoms with Gasteiger partial charge in [0.2, 0.25) is 0 Å². The Morgan fingerprint density at radius 3 is 2.17 bits per heavy atom. The molecule has 1 rings (SSSR count). The summed E-state index contributed by atoms with van der Waals surface area (Å²) in [5.41, 5.74) is 0. The van der Waals surface area contributed by atoms with Gasteiger partial charge in [-0.3, -0.25) is 0 Å². The zero-order chi connectivity index (χ0) is 4.62. The fourth-order valence-corrected chi connectivity index (χ4v) is 0.260. The highest BCUT2D eigenvalue weighted by Gasteiger charge is 2.28. The Kier molecular flexibility index (Phi) is 0.696. The summed E-state index contributed by atoms with van der Waals surface area (Å²) in [6, 6.07) is 0. The number of rotatable bonds is 1. The van der Waals surface area contributed by atoms with Crippen molar-refractivity contribution >= 4 is 12.6 Å². The third kappa shape index (κ3) is 0.570. The number of thiol groups is 1. The van der Waals surface area contributed by atoms with Crippen molar-refractivity contribution in [2.75, 3.05) is 6.67 Å². The molecular formula is C4H5FS. The molecule has 0 radical (unpaired) electrons. The molecule has 1 aliphatic rings. The largest absolute Gasteiger partial charge is 0.249 e. The van der Waals surface area contributed by atoms with E-state index in [2.05, 4.69) is 12.6 Å². The predicted molar refractivity (Wildman–Crippen MR) is 26.8 cm³/mol. The molecule has 1 aliphatic carbocycles. The molecule has 6 heavy (non-hydrogen) atoms. The molecule has 0 bridgehead atoms. The van der Waals surface area contributed by atoms with Crippen LogP contribution in [0.25, 0.3) is 0 Å². The molecule has 0 atom stereocenters. The molecule has 0 fully saturated rings. The summed E-state index contributed by atoms with van der Waals surface area (Å²) in [6.07, 6.45) is 3.46. The summed E-state index contributed by atoms with van der Waals surface area (Å²) in [6.45, 7) is -0.365. The fraction of sp³-hybridized carbons (Fsp3) is 0.500. The van der Waals surface area contributed by atoms with Crippen LogP contribution < -0.4 is 0 Å². The van der Waals surface area contributed by atoms with Gasteiger partial charge in [0.15, 0.2) is 0 Å². The van der Waals surface area contributed by atoms with Gasteiger partial charge in [0.25, 0.3) is 0 Å². The Balaban J connectivity index is 2.32. The summed E-state index contributed by atoms with van der Waals surface area (Å²) >= 11 is 3.88. The Morgan fingerprint density at radius 1 is 1.67 bits per heavy atom. The van der Waals surface area contributed by atoms with Crippen LogP contribution in [0.15, 0.2) is 12.2 Å². The van der Waals surface area contributed by atoms with Gasteiger partial charge in [0.1, 0.15) is 6.67 Å². The smallest absolute Gasteiger partial charge is 0.111 e. The van der Waals surface area contributed by atoms with Gasteiger partial charge in [-0.2, -0.15) is 12.6 Å². The molecule has 0 nitrogen and oxygen atoms in total. The number of halogens is 1. The molecule has 34 valence electrons. The molecule has 0 amide bonds. The lowest BCUT2D eigenvalue weighted by Gasteiger charge is -1.94. The van der Waals surface area contributed by atoms with E-state index in [-0.39, 0.29) is 6.67 Å². The predicted octanol–water partition coefficient (Wildman–Crippen LogP) is 1.19. The molecule has 0 saturated heterocycles. The molecule has 0 heterocycles. The van der Waals surface area contributed by atoms with E-state index in [4.69, 9.17) is 0 Å². The van der Waals surface area contributed by atoms with Gasteiger partial charge < -0.3 is 0 Å². The number of hydrogen-bond acceptors (Lipinski definition) is 1. The lowest BCUT2D eigenvalue weighted by Crippen LogP contribution is -2.00. The van der Waals surface area contributed by atoms with Crippen LogP contribution in [0.5, 0.6) is 0 Å². The van der Waals surface area contributed by atoms with Crippen molar-refractivity contribution in [1.29, 1.82) is 0 Å². The van der Waals surface area contributed by atoms with Crippen LogP contribution in [-0.4, -0.2) is 11.4 Å². The minimum atomic E-state index is -0.431. The highest BCUT2D eigenvalue weighted by molar-refractivity contribution is 7.82. The van der Waals surface area contributed by atoms with E-state index >= 15 is 0 Å². The first-order chi connectivity index (χ1) is 2.77. The summed E-state index contributed by atoms with van der Waals surface area (Å²) in [5, 5.41) is 0. The molecule has 0 aliphatic heterocycles. The first-order valence-electron chi connectivity index (χ1n) is 1.76. The minimum Gasteiger partial charge on any atom is -0.249 e. The average Bonchev–Trinajstić information content (AvgIpc) is 2.22. The van der Waals surface area contributed by atoms with Crippen molar-refractivity contribution in [1.82, 2.24) is 0 Å². The summed E-state index contributed by atoms with van der Waals surface area (Å²) < 4.78 is 11.0. The van der Waals surface area contributed by atoms with Crippen molar-refractivity contribution in [2.24, 2.45) is 0 Å². The first-order valence-corrected chi connectivity index (χ1v) is 2.20. The highest BCUT2D eigenvalue weighted by atomic mass is 32.1. The molecule has 0 saturated carbocycles. The lowest BCUT2D eigenvalue weighted by atomic mass is 10.4. The minimum absolute atomic E-state index is 0.365. The van der Waals surface area contributed by atoms with Gasteiger partial charge in [-0.15, -0.1) is 0 Å². The van der Waals surface area contributed by atoms with Gasteiger partial charge in [-0.25, -0.2) is 4.39 Å². The molecule has 0 unspecified atom stereocenters. The maximum absolute atomic E-state index is 11.4. The molecule has 0 spiro atoms. The summed E-state index contributed by atoms with van der Waals surface area (Å²) in [5.74, 6) is 0. The third-order valence-corrected chi connectivity index (χ3v) is 1.18. The molecule has 0 N–H and O–H groups in total. The van der Waals surface area contributed by atoms with E-state index in [1.54, 1.807) is 12.2 Å². The van der Waals surface area contributed by atoms with E-state index in [9.17, 15) is 4.39 Å². The van der Waals surface area contributed by atoms with Crippen LogP contribution in [0, 0.1) is 0 Å². The highest BCUT2D eigenvalue weighted by Crippen LogP contribution is 2.30. The van der Waals surface area contributed by atoms with Gasteiger partial charge in [0, 0.05) is 0 Å².